The van der Waals surface area contributed by atoms with E-state index in [-0.39, 0.29) is 17.5 Å². The zero-order valence-corrected chi connectivity index (χ0v) is 16.5. The minimum atomic E-state index is -0.983. The molecule has 1 aliphatic rings. The first-order valence-corrected chi connectivity index (χ1v) is 9.68. The summed E-state index contributed by atoms with van der Waals surface area (Å²) < 4.78 is 7.64. The van der Waals surface area contributed by atoms with Crippen molar-refractivity contribution in [3.05, 3.63) is 65.2 Å². The summed E-state index contributed by atoms with van der Waals surface area (Å²) in [5, 5.41) is 13.2. The number of carboxylic acid groups (broad SMARTS) is 1. The number of rotatable bonds is 4. The van der Waals surface area contributed by atoms with Gasteiger partial charge in [0.15, 0.2) is 0 Å². The second kappa shape index (κ2) is 7.58. The summed E-state index contributed by atoms with van der Waals surface area (Å²) in [6, 6.07) is 9.77. The largest absolute Gasteiger partial charge is 0.478 e. The third kappa shape index (κ3) is 3.55. The fraction of sp³-hybridized carbons (Fsp3) is 0.318. The Balaban J connectivity index is 1.52. The molecule has 1 aliphatic heterocycles. The van der Waals surface area contributed by atoms with Gasteiger partial charge in [-0.3, -0.25) is 9.48 Å². The molecule has 29 heavy (non-hydrogen) atoms. The number of carboxylic acids is 1. The topological polar surface area (TPSA) is 88.6 Å². The van der Waals surface area contributed by atoms with Crippen LogP contribution in [0.4, 0.5) is 0 Å². The molecular weight excluding hydrogens is 370 g/mol. The first kappa shape index (κ1) is 19.0. The number of piperidine rings is 1. The van der Waals surface area contributed by atoms with E-state index in [9.17, 15) is 9.59 Å². The van der Waals surface area contributed by atoms with Crippen molar-refractivity contribution in [2.75, 3.05) is 13.1 Å². The molecule has 2 aromatic heterocycles. The van der Waals surface area contributed by atoms with Gasteiger partial charge in [-0.05, 0) is 26.7 Å². The maximum absolute atomic E-state index is 13.3. The number of likely N-dealkylation sites (tertiary alicyclic amines) is 1. The molecule has 7 heteroatoms. The first-order chi connectivity index (χ1) is 14.0. The number of benzene rings is 1. The average molecular weight is 393 g/mol. The van der Waals surface area contributed by atoms with Crippen molar-refractivity contribution < 1.29 is 19.1 Å². The highest BCUT2D eigenvalue weighted by Gasteiger charge is 2.30. The van der Waals surface area contributed by atoms with Gasteiger partial charge < -0.3 is 14.4 Å². The molecule has 150 valence electrons. The van der Waals surface area contributed by atoms with Crippen molar-refractivity contribution in [2.24, 2.45) is 0 Å². The number of hydrogen-bond donors (Lipinski definition) is 1. The zero-order valence-electron chi connectivity index (χ0n) is 16.5. The lowest BCUT2D eigenvalue weighted by Gasteiger charge is -2.32. The van der Waals surface area contributed by atoms with Crippen LogP contribution in [-0.2, 0) is 0 Å². The molecule has 1 N–H and O–H groups in total. The van der Waals surface area contributed by atoms with Gasteiger partial charge in [-0.1, -0.05) is 30.3 Å². The number of aromatic nitrogens is 2. The van der Waals surface area contributed by atoms with E-state index in [2.05, 4.69) is 5.10 Å². The molecule has 0 aliphatic carbocycles. The summed E-state index contributed by atoms with van der Waals surface area (Å²) in [6.45, 7) is 4.97. The van der Waals surface area contributed by atoms with Crippen LogP contribution in [-0.4, -0.2) is 44.8 Å². The third-order valence-corrected chi connectivity index (χ3v) is 5.61. The fourth-order valence-corrected chi connectivity index (χ4v) is 3.82. The van der Waals surface area contributed by atoms with Crippen LogP contribution in [0.2, 0.25) is 0 Å². The van der Waals surface area contributed by atoms with E-state index >= 15 is 0 Å². The van der Waals surface area contributed by atoms with Crippen LogP contribution in [0.15, 0.2) is 47.1 Å². The Labute approximate surface area is 168 Å². The number of furan rings is 1. The van der Waals surface area contributed by atoms with E-state index in [0.29, 0.717) is 24.4 Å². The molecule has 1 aromatic carbocycles. The summed E-state index contributed by atoms with van der Waals surface area (Å²) in [5.74, 6) is 0.359. The lowest BCUT2D eigenvalue weighted by Crippen LogP contribution is -2.39. The molecule has 0 unspecified atom stereocenters. The van der Waals surface area contributed by atoms with Crippen molar-refractivity contribution in [1.82, 2.24) is 14.7 Å². The van der Waals surface area contributed by atoms with Gasteiger partial charge in [0.2, 0.25) is 0 Å². The van der Waals surface area contributed by atoms with Crippen molar-refractivity contribution in [3.8, 4) is 11.3 Å². The summed E-state index contributed by atoms with van der Waals surface area (Å²) in [4.78, 5) is 26.2. The molecule has 1 fully saturated rings. The Hall–Kier alpha value is -3.35. The molecule has 0 saturated carbocycles. The van der Waals surface area contributed by atoms with E-state index in [1.807, 2.05) is 49.1 Å². The number of amides is 1. The van der Waals surface area contributed by atoms with Crippen molar-refractivity contribution in [2.45, 2.75) is 32.7 Å². The summed E-state index contributed by atoms with van der Waals surface area (Å²) in [6.07, 6.45) is 4.37. The number of carbonyl (C=O) groups is 2. The Morgan fingerprint density at radius 3 is 2.45 bits per heavy atom. The third-order valence-electron chi connectivity index (χ3n) is 5.61. The first-order valence-electron chi connectivity index (χ1n) is 9.68. The van der Waals surface area contributed by atoms with Gasteiger partial charge in [-0.2, -0.15) is 5.10 Å². The molecule has 0 radical (unpaired) electrons. The summed E-state index contributed by atoms with van der Waals surface area (Å²) >= 11 is 0. The molecule has 3 aromatic rings. The van der Waals surface area contributed by atoms with Crippen LogP contribution < -0.4 is 0 Å². The highest BCUT2D eigenvalue weighted by Crippen LogP contribution is 2.33. The Bertz CT molecular complexity index is 1040. The molecule has 4 rings (SSSR count). The lowest BCUT2D eigenvalue weighted by atomic mass is 10.0. The standard InChI is InChI=1S/C22H23N3O4/c1-14-15(2)29-20(16-6-4-3-5-7-16)19(14)21(26)24-10-8-18(9-11-24)25-13-17(12-23-25)22(27)28/h3-7,12-13,18H,8-11H2,1-2H3,(H,27,28). The van der Waals surface area contributed by atoms with Crippen molar-refractivity contribution in [1.29, 1.82) is 0 Å². The molecule has 1 amide bonds. The maximum atomic E-state index is 13.3. The quantitative estimate of drug-likeness (QED) is 0.725. The molecule has 3 heterocycles. The van der Waals surface area contributed by atoms with Crippen LogP contribution in [0.5, 0.6) is 0 Å². The number of hydrogen-bond acceptors (Lipinski definition) is 4. The van der Waals surface area contributed by atoms with Crippen LogP contribution in [0.3, 0.4) is 0 Å². The Kier molecular flexibility index (Phi) is 4.96. The van der Waals surface area contributed by atoms with Gasteiger partial charge in [0.1, 0.15) is 11.5 Å². The van der Waals surface area contributed by atoms with Gasteiger partial charge in [0, 0.05) is 30.4 Å². The summed E-state index contributed by atoms with van der Waals surface area (Å²) in [7, 11) is 0. The predicted molar refractivity (Wildman–Crippen MR) is 107 cm³/mol. The van der Waals surface area contributed by atoms with E-state index in [1.54, 1.807) is 10.9 Å². The van der Waals surface area contributed by atoms with Gasteiger partial charge >= 0.3 is 5.97 Å². The smallest absolute Gasteiger partial charge is 0.338 e. The van der Waals surface area contributed by atoms with Crippen LogP contribution >= 0.6 is 0 Å². The minimum Gasteiger partial charge on any atom is -0.478 e. The fourth-order valence-electron chi connectivity index (χ4n) is 3.82. The van der Waals surface area contributed by atoms with E-state index < -0.39 is 5.97 Å². The monoisotopic (exact) mass is 393 g/mol. The molecule has 7 nitrogen and oxygen atoms in total. The molecule has 0 atom stereocenters. The Morgan fingerprint density at radius 1 is 1.14 bits per heavy atom. The molecular formula is C22H23N3O4. The van der Waals surface area contributed by atoms with E-state index in [1.165, 1.54) is 6.20 Å². The van der Waals surface area contributed by atoms with Gasteiger partial charge in [-0.15, -0.1) is 0 Å². The number of nitrogens with zero attached hydrogens (tertiary/aromatic N) is 3. The molecule has 0 bridgehead atoms. The minimum absolute atomic E-state index is 0.0247. The number of carbonyl (C=O) groups excluding carboxylic acids is 1. The maximum Gasteiger partial charge on any atom is 0.338 e. The second-order valence-electron chi connectivity index (χ2n) is 7.39. The van der Waals surface area contributed by atoms with E-state index in [4.69, 9.17) is 9.52 Å². The zero-order chi connectivity index (χ0) is 20.5. The number of aryl methyl sites for hydroxylation is 1. The Morgan fingerprint density at radius 2 is 1.83 bits per heavy atom. The average Bonchev–Trinajstić information content (AvgIpc) is 3.34. The van der Waals surface area contributed by atoms with Gasteiger partial charge in [0.25, 0.3) is 5.91 Å². The normalized spacial score (nSPS) is 14.9. The van der Waals surface area contributed by atoms with E-state index in [0.717, 1.165) is 29.7 Å². The SMILES string of the molecule is Cc1oc(-c2ccccc2)c(C(=O)N2CCC(n3cc(C(=O)O)cn3)CC2)c1C. The lowest BCUT2D eigenvalue weighted by molar-refractivity contribution is 0.0688. The van der Waals surface area contributed by atoms with Gasteiger partial charge in [0.05, 0.1) is 23.4 Å². The molecule has 1 saturated heterocycles. The predicted octanol–water partition coefficient (Wildman–Crippen LogP) is 3.94. The van der Waals surface area contributed by atoms with Crippen LogP contribution in [0.25, 0.3) is 11.3 Å². The number of aromatic carboxylic acids is 1. The summed E-state index contributed by atoms with van der Waals surface area (Å²) in [5.41, 5.74) is 2.56. The van der Waals surface area contributed by atoms with Crippen molar-refractivity contribution >= 4 is 11.9 Å². The second-order valence-corrected chi connectivity index (χ2v) is 7.39. The van der Waals surface area contributed by atoms with Crippen molar-refractivity contribution in [3.63, 3.8) is 0 Å². The van der Waals surface area contributed by atoms with Crippen LogP contribution in [0, 0.1) is 13.8 Å². The van der Waals surface area contributed by atoms with Crippen LogP contribution in [0.1, 0.15) is 50.9 Å². The highest BCUT2D eigenvalue weighted by atomic mass is 16.4. The molecule has 0 spiro atoms. The van der Waals surface area contributed by atoms with Gasteiger partial charge in [-0.25, -0.2) is 4.79 Å². The highest BCUT2D eigenvalue weighted by molar-refractivity contribution is 6.01.